The molecule has 1 aliphatic rings. The van der Waals surface area contributed by atoms with E-state index in [1.54, 1.807) is 0 Å². The minimum Gasteiger partial charge on any atom is -0.480 e. The number of benzene rings is 1. The molecule has 2 atom stereocenters. The number of rotatable bonds is 4. The van der Waals surface area contributed by atoms with Crippen molar-refractivity contribution in [1.29, 1.82) is 0 Å². The Kier molecular flexibility index (Phi) is 5.29. The third kappa shape index (κ3) is 3.99. The number of hydrogen-bond donors (Lipinski definition) is 2. The Bertz CT molecular complexity index is 566. The highest BCUT2D eigenvalue weighted by Crippen LogP contribution is 2.27. The molecule has 0 aliphatic carbocycles. The van der Waals surface area contributed by atoms with Gasteiger partial charge in [0.2, 0.25) is 5.91 Å². The predicted molar refractivity (Wildman–Crippen MR) is 83.4 cm³/mol. The third-order valence-electron chi connectivity index (χ3n) is 3.37. The fourth-order valence-corrected chi connectivity index (χ4v) is 3.69. The van der Waals surface area contributed by atoms with Gasteiger partial charge in [0.15, 0.2) is 0 Å². The van der Waals surface area contributed by atoms with Gasteiger partial charge in [-0.3, -0.25) is 4.79 Å². The van der Waals surface area contributed by atoms with Gasteiger partial charge < -0.3 is 15.1 Å². The van der Waals surface area contributed by atoms with Crippen molar-refractivity contribution in [2.45, 2.75) is 30.4 Å². The highest BCUT2D eigenvalue weighted by atomic mass is 79.9. The first kappa shape index (κ1) is 16.3. The second-order valence-electron chi connectivity index (χ2n) is 4.99. The van der Waals surface area contributed by atoms with Gasteiger partial charge in [0.25, 0.3) is 0 Å². The minimum atomic E-state index is -1.07. The van der Waals surface area contributed by atoms with Gasteiger partial charge in [0.05, 0.1) is 11.9 Å². The number of carbonyl (C=O) groups is 2. The molecule has 0 saturated carbocycles. The van der Waals surface area contributed by atoms with Gasteiger partial charge in [-0.25, -0.2) is 4.79 Å². The Balaban J connectivity index is 1.99. The van der Waals surface area contributed by atoms with Crippen LogP contribution in [0.3, 0.4) is 0 Å². The number of hydrogen-bond acceptors (Lipinski definition) is 4. The summed E-state index contributed by atoms with van der Waals surface area (Å²) in [5, 5.41) is 18.7. The number of thioether (sulfide) groups is 1. The van der Waals surface area contributed by atoms with Crippen LogP contribution in [0.25, 0.3) is 0 Å². The fraction of sp³-hybridized carbons (Fsp3) is 0.429. The number of amides is 1. The number of carboxylic acids is 1. The molecule has 114 valence electrons. The maximum Gasteiger partial charge on any atom is 0.326 e. The molecule has 1 aliphatic heterocycles. The van der Waals surface area contributed by atoms with E-state index in [0.29, 0.717) is 0 Å². The number of aryl methyl sites for hydroxylation is 1. The van der Waals surface area contributed by atoms with Crippen LogP contribution in [0, 0.1) is 6.92 Å². The van der Waals surface area contributed by atoms with E-state index in [9.17, 15) is 14.7 Å². The molecule has 1 heterocycles. The van der Waals surface area contributed by atoms with Gasteiger partial charge in [-0.15, -0.1) is 11.8 Å². The molecule has 1 amide bonds. The molecule has 7 heteroatoms. The fourth-order valence-electron chi connectivity index (χ4n) is 2.32. The van der Waals surface area contributed by atoms with Crippen LogP contribution in [-0.2, 0) is 9.59 Å². The summed E-state index contributed by atoms with van der Waals surface area (Å²) in [7, 11) is 0. The zero-order chi connectivity index (χ0) is 15.6. The van der Waals surface area contributed by atoms with E-state index in [2.05, 4.69) is 15.9 Å². The molecule has 1 saturated heterocycles. The van der Waals surface area contributed by atoms with E-state index >= 15 is 0 Å². The van der Waals surface area contributed by atoms with Crippen molar-refractivity contribution >= 4 is 39.6 Å². The van der Waals surface area contributed by atoms with E-state index < -0.39 is 18.1 Å². The van der Waals surface area contributed by atoms with E-state index in [-0.39, 0.29) is 24.6 Å². The second-order valence-corrected chi connectivity index (χ2v) is 6.92. The lowest BCUT2D eigenvalue weighted by molar-refractivity contribution is -0.147. The van der Waals surface area contributed by atoms with Crippen LogP contribution in [0.4, 0.5) is 0 Å². The number of carbonyl (C=O) groups excluding carboxylic acids is 1. The first-order chi connectivity index (χ1) is 9.88. The zero-order valence-corrected chi connectivity index (χ0v) is 13.9. The largest absolute Gasteiger partial charge is 0.480 e. The molecule has 21 heavy (non-hydrogen) atoms. The van der Waals surface area contributed by atoms with Crippen LogP contribution in [-0.4, -0.2) is 51.4 Å². The SMILES string of the molecule is Cc1cc(Br)ccc1SCC(=O)N1C[C@@H](O)C[C@H]1C(=O)O. The Labute approximate surface area is 135 Å². The quantitative estimate of drug-likeness (QED) is 0.788. The maximum atomic E-state index is 12.2. The Morgan fingerprint density at radius 2 is 2.19 bits per heavy atom. The van der Waals surface area contributed by atoms with Gasteiger partial charge in [-0.1, -0.05) is 15.9 Å². The number of halogens is 1. The van der Waals surface area contributed by atoms with Crippen LogP contribution in [0.5, 0.6) is 0 Å². The normalized spacial score (nSPS) is 21.6. The lowest BCUT2D eigenvalue weighted by atomic mass is 10.2. The number of aliphatic hydroxyl groups excluding tert-OH is 1. The Morgan fingerprint density at radius 1 is 1.48 bits per heavy atom. The van der Waals surface area contributed by atoms with Crippen molar-refractivity contribution in [3.63, 3.8) is 0 Å². The number of nitrogens with zero attached hydrogens (tertiary/aromatic N) is 1. The van der Waals surface area contributed by atoms with E-state index in [4.69, 9.17) is 5.11 Å². The summed E-state index contributed by atoms with van der Waals surface area (Å²) in [6, 6.07) is 4.87. The molecular weight excluding hydrogens is 358 g/mol. The van der Waals surface area contributed by atoms with Crippen LogP contribution < -0.4 is 0 Å². The van der Waals surface area contributed by atoms with E-state index in [1.165, 1.54) is 16.7 Å². The lowest BCUT2D eigenvalue weighted by Crippen LogP contribution is -2.41. The third-order valence-corrected chi connectivity index (χ3v) is 5.03. The molecule has 5 nitrogen and oxygen atoms in total. The van der Waals surface area contributed by atoms with Crippen molar-refractivity contribution in [3.05, 3.63) is 28.2 Å². The van der Waals surface area contributed by atoms with Crippen LogP contribution in [0.15, 0.2) is 27.6 Å². The van der Waals surface area contributed by atoms with Crippen molar-refractivity contribution in [2.75, 3.05) is 12.3 Å². The average Bonchev–Trinajstić information content (AvgIpc) is 2.80. The van der Waals surface area contributed by atoms with Gasteiger partial charge in [-0.2, -0.15) is 0 Å². The second kappa shape index (κ2) is 6.81. The summed E-state index contributed by atoms with van der Waals surface area (Å²) in [6.45, 7) is 2.05. The summed E-state index contributed by atoms with van der Waals surface area (Å²) in [5.41, 5.74) is 1.05. The van der Waals surface area contributed by atoms with Gasteiger partial charge in [0.1, 0.15) is 6.04 Å². The molecule has 2 rings (SSSR count). The number of aliphatic carboxylic acids is 1. The molecule has 0 unspecified atom stereocenters. The summed E-state index contributed by atoms with van der Waals surface area (Å²) >= 11 is 4.76. The van der Waals surface area contributed by atoms with E-state index in [1.807, 2.05) is 25.1 Å². The van der Waals surface area contributed by atoms with Crippen LogP contribution >= 0.6 is 27.7 Å². The summed E-state index contributed by atoms with van der Waals surface area (Å²) in [6.07, 6.45) is -0.655. The van der Waals surface area contributed by atoms with Crippen LogP contribution in [0.2, 0.25) is 0 Å². The zero-order valence-electron chi connectivity index (χ0n) is 11.5. The number of aliphatic hydroxyl groups is 1. The molecule has 1 aromatic carbocycles. The Morgan fingerprint density at radius 3 is 2.81 bits per heavy atom. The van der Waals surface area contributed by atoms with Crippen molar-refractivity contribution in [1.82, 2.24) is 4.90 Å². The predicted octanol–water partition coefficient (Wildman–Crippen LogP) is 1.90. The first-order valence-electron chi connectivity index (χ1n) is 6.47. The van der Waals surface area contributed by atoms with Crippen molar-refractivity contribution < 1.29 is 19.8 Å². The highest BCUT2D eigenvalue weighted by Gasteiger charge is 2.38. The molecule has 2 N–H and O–H groups in total. The minimum absolute atomic E-state index is 0.0929. The topological polar surface area (TPSA) is 77.8 Å². The lowest BCUT2D eigenvalue weighted by Gasteiger charge is -2.21. The molecule has 0 aromatic heterocycles. The Hall–Kier alpha value is -1.05. The number of carboxylic acid groups (broad SMARTS) is 1. The summed E-state index contributed by atoms with van der Waals surface area (Å²) in [5.74, 6) is -1.16. The summed E-state index contributed by atoms with van der Waals surface area (Å²) in [4.78, 5) is 25.5. The van der Waals surface area contributed by atoms with E-state index in [0.717, 1.165) is 14.9 Å². The van der Waals surface area contributed by atoms with Gasteiger partial charge in [0, 0.05) is 22.3 Å². The molecular formula is C14H16BrNO4S. The van der Waals surface area contributed by atoms with Crippen molar-refractivity contribution in [2.24, 2.45) is 0 Å². The first-order valence-corrected chi connectivity index (χ1v) is 8.25. The molecule has 1 aromatic rings. The molecule has 1 fully saturated rings. The highest BCUT2D eigenvalue weighted by molar-refractivity contribution is 9.10. The smallest absolute Gasteiger partial charge is 0.326 e. The number of likely N-dealkylation sites (tertiary alicyclic amines) is 1. The van der Waals surface area contributed by atoms with Gasteiger partial charge >= 0.3 is 5.97 Å². The average molecular weight is 374 g/mol. The monoisotopic (exact) mass is 373 g/mol. The summed E-state index contributed by atoms with van der Waals surface area (Å²) < 4.78 is 0.976. The molecule has 0 bridgehead atoms. The van der Waals surface area contributed by atoms with Crippen molar-refractivity contribution in [3.8, 4) is 0 Å². The maximum absolute atomic E-state index is 12.2. The number of β-amino-alcohol motifs (C(OH)–C–C–N with tert-alkyl or cyclic N) is 1. The molecule has 0 spiro atoms. The van der Waals surface area contributed by atoms with Gasteiger partial charge in [-0.05, 0) is 30.7 Å². The molecule has 0 radical (unpaired) electrons. The van der Waals surface area contributed by atoms with Crippen LogP contribution in [0.1, 0.15) is 12.0 Å². The standard InChI is InChI=1S/C14H16BrNO4S/c1-8-4-9(15)2-3-12(8)21-7-13(18)16-6-10(17)5-11(16)14(19)20/h2-4,10-11,17H,5-7H2,1H3,(H,19,20)/t10-,11-/m0/s1.